The summed E-state index contributed by atoms with van der Waals surface area (Å²) in [7, 11) is 0. The summed E-state index contributed by atoms with van der Waals surface area (Å²) >= 11 is 8.33. The lowest BCUT2D eigenvalue weighted by atomic mass is 9.95. The number of amides is 1. The number of carbonyl (C=O) groups excluding carboxylic acids is 2. The molecule has 3 aromatic heterocycles. The van der Waals surface area contributed by atoms with E-state index in [0.717, 1.165) is 8.25 Å². The molecule has 0 unspecified atom stereocenters. The number of halogens is 8. The average molecular weight is 740 g/mol. The number of rotatable bonds is 8. The molecule has 1 amide bonds. The average Bonchev–Trinajstić information content (AvgIpc) is 3.50. The fraction of sp³-hybridized carbons (Fsp3) is 0.308. The fourth-order valence-corrected chi connectivity index (χ4v) is 5.13. The molecular formula is C26H21ClF6IN7O2. The van der Waals surface area contributed by atoms with Crippen LogP contribution in [-0.4, -0.2) is 47.5 Å². The molecule has 0 bridgehead atoms. The van der Waals surface area contributed by atoms with Crippen LogP contribution in [0.25, 0.3) is 5.82 Å². The van der Waals surface area contributed by atoms with Crippen molar-refractivity contribution in [1.82, 2.24) is 35.1 Å². The Balaban J connectivity index is 1.78. The molecule has 9 nitrogen and oxygen atoms in total. The molecule has 228 valence electrons. The zero-order valence-corrected chi connectivity index (χ0v) is 25.4. The first-order valence-corrected chi connectivity index (χ1v) is 13.8. The SMILES string of the molecule is Cc1cc(I)cc(C(=O)NC(C)C)c1CC(=O)c1cc(Cn2nc(C(F)(F)F)c(C(F)(F)F)n2)nn1-c1ncccc1Cl. The van der Waals surface area contributed by atoms with Gasteiger partial charge in [0.05, 0.1) is 10.7 Å². The molecule has 0 saturated heterocycles. The molecule has 43 heavy (non-hydrogen) atoms. The number of aromatic nitrogens is 6. The Kier molecular flexibility index (Phi) is 9.20. The Hall–Kier alpha value is -3.54. The first-order valence-electron chi connectivity index (χ1n) is 12.4. The molecule has 0 spiro atoms. The van der Waals surface area contributed by atoms with Crippen molar-refractivity contribution in [2.75, 3.05) is 0 Å². The summed E-state index contributed by atoms with van der Waals surface area (Å²) in [5.41, 5.74) is -3.36. The quantitative estimate of drug-likeness (QED) is 0.134. The van der Waals surface area contributed by atoms with Gasteiger partial charge < -0.3 is 5.32 Å². The van der Waals surface area contributed by atoms with Crippen molar-refractivity contribution in [3.05, 3.63) is 84.6 Å². The van der Waals surface area contributed by atoms with Crippen LogP contribution in [0.1, 0.15) is 62.9 Å². The number of nitrogens with zero attached hydrogens (tertiary/aromatic N) is 6. The molecule has 1 aromatic carbocycles. The highest BCUT2D eigenvalue weighted by molar-refractivity contribution is 14.1. The number of aryl methyl sites for hydroxylation is 1. The number of nitrogens with one attached hydrogen (secondary N) is 1. The van der Waals surface area contributed by atoms with Crippen molar-refractivity contribution < 1.29 is 35.9 Å². The molecule has 3 heterocycles. The van der Waals surface area contributed by atoms with Gasteiger partial charge in [0.1, 0.15) is 12.2 Å². The molecule has 0 aliphatic rings. The predicted molar refractivity (Wildman–Crippen MR) is 150 cm³/mol. The van der Waals surface area contributed by atoms with Gasteiger partial charge in [0, 0.05) is 27.8 Å². The van der Waals surface area contributed by atoms with Gasteiger partial charge in [-0.1, -0.05) is 11.6 Å². The van der Waals surface area contributed by atoms with E-state index in [-0.39, 0.29) is 45.1 Å². The summed E-state index contributed by atoms with van der Waals surface area (Å²) in [6.45, 7) is 4.55. The summed E-state index contributed by atoms with van der Waals surface area (Å²) in [5, 5.41) is 13.1. The van der Waals surface area contributed by atoms with E-state index in [1.54, 1.807) is 32.9 Å². The van der Waals surface area contributed by atoms with E-state index >= 15 is 0 Å². The third kappa shape index (κ3) is 7.34. The standard InChI is InChI=1S/C26H21ClF6IN7O2/c1-12(2)36-24(43)17-8-14(34)7-13(3)16(17)10-20(42)19-9-15(37-41(19)23-18(27)5-4-6-35-23)11-40-38-21(25(28,29)30)22(39-40)26(31,32)33/h4-9,12H,10-11H2,1-3H3,(H,36,43). The molecule has 1 N–H and O–H groups in total. The van der Waals surface area contributed by atoms with Crippen LogP contribution in [0, 0.1) is 10.5 Å². The van der Waals surface area contributed by atoms with Crippen molar-refractivity contribution in [3.8, 4) is 5.82 Å². The van der Waals surface area contributed by atoms with Gasteiger partial charge in [-0.15, -0.1) is 10.2 Å². The summed E-state index contributed by atoms with van der Waals surface area (Å²) in [5.74, 6) is -0.993. The summed E-state index contributed by atoms with van der Waals surface area (Å²) in [6, 6.07) is 7.37. The van der Waals surface area contributed by atoms with Crippen LogP contribution in [0.4, 0.5) is 26.3 Å². The van der Waals surface area contributed by atoms with Gasteiger partial charge in [0.15, 0.2) is 23.0 Å². The molecule has 0 fully saturated rings. The van der Waals surface area contributed by atoms with E-state index in [1.165, 1.54) is 24.4 Å². The second-order valence-corrected chi connectivity index (χ2v) is 11.3. The van der Waals surface area contributed by atoms with Crippen molar-refractivity contribution in [3.63, 3.8) is 0 Å². The smallest absolute Gasteiger partial charge is 0.350 e. The molecular weight excluding hydrogens is 719 g/mol. The lowest BCUT2D eigenvalue weighted by Crippen LogP contribution is -2.31. The minimum absolute atomic E-state index is 0.0174. The highest BCUT2D eigenvalue weighted by atomic mass is 127. The number of ketones is 1. The van der Waals surface area contributed by atoms with E-state index in [9.17, 15) is 35.9 Å². The van der Waals surface area contributed by atoms with Crippen LogP contribution >= 0.6 is 34.2 Å². The Bertz CT molecular complexity index is 1670. The van der Waals surface area contributed by atoms with Crippen LogP contribution < -0.4 is 5.32 Å². The zero-order chi connectivity index (χ0) is 31.9. The molecule has 0 atom stereocenters. The van der Waals surface area contributed by atoms with Gasteiger partial charge in [-0.2, -0.15) is 36.2 Å². The molecule has 0 aliphatic carbocycles. The number of carbonyl (C=O) groups is 2. The Labute approximate surface area is 258 Å². The van der Waals surface area contributed by atoms with Gasteiger partial charge in [0.25, 0.3) is 5.91 Å². The Morgan fingerprint density at radius 1 is 1.02 bits per heavy atom. The maximum atomic E-state index is 13.7. The van der Waals surface area contributed by atoms with Gasteiger partial charge in [0.2, 0.25) is 0 Å². The number of hydrogen-bond acceptors (Lipinski definition) is 6. The largest absolute Gasteiger partial charge is 0.437 e. The van der Waals surface area contributed by atoms with Crippen molar-refractivity contribution in [1.29, 1.82) is 0 Å². The van der Waals surface area contributed by atoms with E-state index in [1.807, 2.05) is 22.6 Å². The second kappa shape index (κ2) is 12.2. The van der Waals surface area contributed by atoms with Gasteiger partial charge >= 0.3 is 12.4 Å². The fourth-order valence-electron chi connectivity index (χ4n) is 4.15. The molecule has 4 rings (SSSR count). The molecule has 0 radical (unpaired) electrons. The number of pyridine rings is 1. The minimum Gasteiger partial charge on any atom is -0.350 e. The van der Waals surface area contributed by atoms with Crippen LogP contribution in [0.15, 0.2) is 36.5 Å². The van der Waals surface area contributed by atoms with E-state index in [2.05, 4.69) is 25.6 Å². The summed E-state index contributed by atoms with van der Waals surface area (Å²) < 4.78 is 81.4. The Morgan fingerprint density at radius 2 is 1.65 bits per heavy atom. The van der Waals surface area contributed by atoms with E-state index < -0.39 is 42.0 Å². The monoisotopic (exact) mass is 739 g/mol. The van der Waals surface area contributed by atoms with Crippen molar-refractivity contribution >= 4 is 45.9 Å². The molecule has 4 aromatic rings. The van der Waals surface area contributed by atoms with Crippen molar-refractivity contribution in [2.24, 2.45) is 0 Å². The molecule has 0 aliphatic heterocycles. The maximum absolute atomic E-state index is 13.7. The number of Topliss-reactive ketones (excluding diaryl/α,β-unsaturated/α-hetero) is 1. The van der Waals surface area contributed by atoms with Crippen molar-refractivity contribution in [2.45, 2.75) is 52.1 Å². The predicted octanol–water partition coefficient (Wildman–Crippen LogP) is 6.07. The van der Waals surface area contributed by atoms with Gasteiger partial charge in [-0.3, -0.25) is 9.59 Å². The molecule has 0 saturated carbocycles. The van der Waals surface area contributed by atoms with Crippen LogP contribution in [-0.2, 0) is 25.3 Å². The second-order valence-electron chi connectivity index (χ2n) is 9.64. The lowest BCUT2D eigenvalue weighted by molar-refractivity contribution is -0.165. The van der Waals surface area contributed by atoms with E-state index in [0.29, 0.717) is 11.1 Å². The van der Waals surface area contributed by atoms with Gasteiger partial charge in [-0.25, -0.2) is 9.67 Å². The van der Waals surface area contributed by atoms with Crippen LogP contribution in [0.2, 0.25) is 5.02 Å². The van der Waals surface area contributed by atoms with Crippen LogP contribution in [0.3, 0.4) is 0 Å². The number of hydrogen-bond donors (Lipinski definition) is 1. The third-order valence-electron chi connectivity index (χ3n) is 5.92. The van der Waals surface area contributed by atoms with Crippen LogP contribution in [0.5, 0.6) is 0 Å². The highest BCUT2D eigenvalue weighted by Crippen LogP contribution is 2.38. The number of benzene rings is 1. The summed E-state index contributed by atoms with van der Waals surface area (Å²) in [6.07, 6.45) is -9.78. The molecule has 17 heteroatoms. The normalized spacial score (nSPS) is 12.2. The minimum atomic E-state index is -5.42. The zero-order valence-electron chi connectivity index (χ0n) is 22.5. The first-order chi connectivity index (χ1) is 20.0. The summed E-state index contributed by atoms with van der Waals surface area (Å²) in [4.78, 5) is 31.0. The number of alkyl halides is 6. The van der Waals surface area contributed by atoms with Gasteiger partial charge in [-0.05, 0) is 84.8 Å². The third-order valence-corrected chi connectivity index (χ3v) is 6.84. The van der Waals surface area contributed by atoms with E-state index in [4.69, 9.17) is 11.6 Å². The first kappa shape index (κ1) is 32.4. The highest BCUT2D eigenvalue weighted by Gasteiger charge is 2.48. The lowest BCUT2D eigenvalue weighted by Gasteiger charge is -2.15. The maximum Gasteiger partial charge on any atom is 0.437 e. The Morgan fingerprint density at radius 3 is 2.21 bits per heavy atom. The topological polar surface area (TPSA) is 108 Å².